The predicted molar refractivity (Wildman–Crippen MR) is 73.5 cm³/mol. The maximum absolute atomic E-state index is 12.9. The van der Waals surface area contributed by atoms with Crippen molar-refractivity contribution in [1.82, 2.24) is 0 Å². The highest BCUT2D eigenvalue weighted by molar-refractivity contribution is 9.09. The topological polar surface area (TPSA) is 17.1 Å². The Morgan fingerprint density at radius 2 is 1.56 bits per heavy atom. The number of halogens is 2. The number of hydrogen-bond acceptors (Lipinski definition) is 1. The van der Waals surface area contributed by atoms with Crippen LogP contribution in [0.3, 0.4) is 0 Å². The molecule has 0 spiro atoms. The molecule has 0 saturated heterocycles. The molecule has 0 heterocycles. The number of carbonyl (C=O) groups excluding carboxylic acids is 1. The van der Waals surface area contributed by atoms with Crippen molar-refractivity contribution in [3.05, 3.63) is 71.5 Å². The Labute approximate surface area is 114 Å². The summed E-state index contributed by atoms with van der Waals surface area (Å²) in [5.74, 6) is -0.573. The second kappa shape index (κ2) is 5.91. The van der Waals surface area contributed by atoms with E-state index in [1.54, 1.807) is 12.1 Å². The minimum absolute atomic E-state index is 0.0628. The van der Waals surface area contributed by atoms with Gasteiger partial charge in [-0.2, -0.15) is 0 Å². The Bertz CT molecular complexity index is 522. The summed E-state index contributed by atoms with van der Waals surface area (Å²) in [6.45, 7) is 0. The molecule has 2 aromatic carbocycles. The molecule has 0 amide bonds. The molecule has 0 aromatic heterocycles. The summed E-state index contributed by atoms with van der Waals surface area (Å²) in [6.07, 6.45) is 0. The average Bonchev–Trinajstić information content (AvgIpc) is 2.42. The molecule has 2 aromatic rings. The molecule has 0 radical (unpaired) electrons. The number of alkyl halides is 1. The Balaban J connectivity index is 2.43. The number of hydrogen-bond donors (Lipinski definition) is 0. The van der Waals surface area contributed by atoms with Crippen molar-refractivity contribution >= 4 is 21.7 Å². The molecule has 3 heteroatoms. The molecule has 0 N–H and O–H groups in total. The SMILES string of the molecule is O=C(CBr)C(c1ccccc1)c1ccc(F)cc1. The molecule has 0 aliphatic carbocycles. The van der Waals surface area contributed by atoms with Gasteiger partial charge in [-0.1, -0.05) is 58.4 Å². The van der Waals surface area contributed by atoms with E-state index >= 15 is 0 Å². The van der Waals surface area contributed by atoms with E-state index in [9.17, 15) is 9.18 Å². The number of carbonyl (C=O) groups is 1. The van der Waals surface area contributed by atoms with Gasteiger partial charge in [-0.15, -0.1) is 0 Å². The molecule has 18 heavy (non-hydrogen) atoms. The van der Waals surface area contributed by atoms with E-state index in [1.807, 2.05) is 30.3 Å². The van der Waals surface area contributed by atoms with Gasteiger partial charge in [0.25, 0.3) is 0 Å². The molecule has 0 fully saturated rings. The molecule has 2 rings (SSSR count). The van der Waals surface area contributed by atoms with Crippen LogP contribution < -0.4 is 0 Å². The molecule has 0 saturated carbocycles. The van der Waals surface area contributed by atoms with E-state index in [-0.39, 0.29) is 22.8 Å². The van der Waals surface area contributed by atoms with Crippen molar-refractivity contribution in [3.8, 4) is 0 Å². The van der Waals surface area contributed by atoms with Crippen LogP contribution in [0.1, 0.15) is 17.0 Å². The fraction of sp³-hybridized carbons (Fsp3) is 0.133. The molecule has 1 unspecified atom stereocenters. The van der Waals surface area contributed by atoms with E-state index < -0.39 is 0 Å². The summed E-state index contributed by atoms with van der Waals surface area (Å²) in [6, 6.07) is 15.6. The first kappa shape index (κ1) is 13.0. The maximum atomic E-state index is 12.9. The van der Waals surface area contributed by atoms with Gasteiger partial charge < -0.3 is 0 Å². The third-order valence-corrected chi connectivity index (χ3v) is 3.34. The minimum Gasteiger partial charge on any atom is -0.298 e. The van der Waals surface area contributed by atoms with Crippen molar-refractivity contribution in [2.45, 2.75) is 5.92 Å². The first-order chi connectivity index (χ1) is 8.72. The van der Waals surface area contributed by atoms with Crippen molar-refractivity contribution in [3.63, 3.8) is 0 Å². The fourth-order valence-corrected chi connectivity index (χ4v) is 2.27. The van der Waals surface area contributed by atoms with Gasteiger partial charge in [-0.25, -0.2) is 4.39 Å². The summed E-state index contributed by atoms with van der Waals surface area (Å²) in [5.41, 5.74) is 1.74. The van der Waals surface area contributed by atoms with E-state index in [1.165, 1.54) is 12.1 Å². The highest BCUT2D eigenvalue weighted by Gasteiger charge is 2.21. The van der Waals surface area contributed by atoms with Crippen LogP contribution in [-0.4, -0.2) is 11.1 Å². The van der Waals surface area contributed by atoms with Crippen molar-refractivity contribution < 1.29 is 9.18 Å². The van der Waals surface area contributed by atoms with Crippen LogP contribution in [0.15, 0.2) is 54.6 Å². The first-order valence-electron chi connectivity index (χ1n) is 5.61. The second-order valence-corrected chi connectivity index (χ2v) is 4.56. The zero-order valence-electron chi connectivity index (χ0n) is 9.64. The minimum atomic E-state index is -0.342. The Hall–Kier alpha value is -1.48. The van der Waals surface area contributed by atoms with Gasteiger partial charge in [0.05, 0.1) is 11.2 Å². The van der Waals surface area contributed by atoms with Gasteiger partial charge in [0.15, 0.2) is 5.78 Å². The van der Waals surface area contributed by atoms with Crippen LogP contribution in [0.5, 0.6) is 0 Å². The van der Waals surface area contributed by atoms with E-state index in [0.29, 0.717) is 0 Å². The highest BCUT2D eigenvalue weighted by atomic mass is 79.9. The quantitative estimate of drug-likeness (QED) is 0.782. The average molecular weight is 307 g/mol. The van der Waals surface area contributed by atoms with Gasteiger partial charge in [-0.3, -0.25) is 4.79 Å². The maximum Gasteiger partial charge on any atom is 0.155 e. The Kier molecular flexibility index (Phi) is 4.26. The van der Waals surface area contributed by atoms with Gasteiger partial charge in [0.2, 0.25) is 0 Å². The smallest absolute Gasteiger partial charge is 0.155 e. The van der Waals surface area contributed by atoms with Gasteiger partial charge in [0.1, 0.15) is 5.82 Å². The number of Topliss-reactive ketones (excluding diaryl/α,β-unsaturated/α-hetero) is 1. The lowest BCUT2D eigenvalue weighted by molar-refractivity contribution is -0.117. The molecular formula is C15H12BrFO. The number of rotatable bonds is 4. The van der Waals surface area contributed by atoms with Gasteiger partial charge in [0, 0.05) is 0 Å². The Morgan fingerprint density at radius 1 is 1.00 bits per heavy atom. The Morgan fingerprint density at radius 3 is 2.11 bits per heavy atom. The molecule has 0 aliphatic heterocycles. The molecule has 0 aliphatic rings. The molecule has 1 nitrogen and oxygen atoms in total. The van der Waals surface area contributed by atoms with E-state index in [4.69, 9.17) is 0 Å². The molecule has 0 bridgehead atoms. The standard InChI is InChI=1S/C15H12BrFO/c16-10-14(18)15(11-4-2-1-3-5-11)12-6-8-13(17)9-7-12/h1-9,15H,10H2. The van der Waals surface area contributed by atoms with Gasteiger partial charge in [-0.05, 0) is 23.3 Å². The van der Waals surface area contributed by atoms with Crippen molar-refractivity contribution in [2.75, 3.05) is 5.33 Å². The lowest BCUT2D eigenvalue weighted by Crippen LogP contribution is -2.15. The highest BCUT2D eigenvalue weighted by Crippen LogP contribution is 2.26. The predicted octanol–water partition coefficient (Wildman–Crippen LogP) is 3.92. The van der Waals surface area contributed by atoms with Crippen LogP contribution in [-0.2, 0) is 4.79 Å². The second-order valence-electron chi connectivity index (χ2n) is 4.00. The summed E-state index contributed by atoms with van der Waals surface area (Å²) < 4.78 is 12.9. The van der Waals surface area contributed by atoms with Crippen LogP contribution in [0.25, 0.3) is 0 Å². The lowest BCUT2D eigenvalue weighted by atomic mass is 9.88. The molecule has 92 valence electrons. The number of benzene rings is 2. The van der Waals surface area contributed by atoms with Crippen molar-refractivity contribution in [2.24, 2.45) is 0 Å². The third kappa shape index (κ3) is 2.85. The first-order valence-corrected chi connectivity index (χ1v) is 6.73. The normalized spacial score (nSPS) is 12.1. The van der Waals surface area contributed by atoms with Crippen LogP contribution in [0.2, 0.25) is 0 Å². The van der Waals surface area contributed by atoms with E-state index in [2.05, 4.69) is 15.9 Å². The monoisotopic (exact) mass is 306 g/mol. The van der Waals surface area contributed by atoms with Crippen molar-refractivity contribution in [1.29, 1.82) is 0 Å². The summed E-state index contributed by atoms with van der Waals surface area (Å²) in [7, 11) is 0. The van der Waals surface area contributed by atoms with Crippen LogP contribution >= 0.6 is 15.9 Å². The zero-order chi connectivity index (χ0) is 13.0. The van der Waals surface area contributed by atoms with Gasteiger partial charge >= 0.3 is 0 Å². The largest absolute Gasteiger partial charge is 0.298 e. The van der Waals surface area contributed by atoms with Crippen LogP contribution in [0, 0.1) is 5.82 Å². The zero-order valence-corrected chi connectivity index (χ0v) is 11.2. The fourth-order valence-electron chi connectivity index (χ4n) is 1.94. The summed E-state index contributed by atoms with van der Waals surface area (Å²) >= 11 is 3.20. The lowest BCUT2D eigenvalue weighted by Gasteiger charge is -2.15. The van der Waals surface area contributed by atoms with E-state index in [0.717, 1.165) is 11.1 Å². The van der Waals surface area contributed by atoms with Crippen LogP contribution in [0.4, 0.5) is 4.39 Å². The molecule has 1 atom stereocenters. The molecular weight excluding hydrogens is 295 g/mol. The summed E-state index contributed by atoms with van der Waals surface area (Å²) in [5, 5.41) is 0.282. The third-order valence-electron chi connectivity index (χ3n) is 2.79. The summed E-state index contributed by atoms with van der Waals surface area (Å²) in [4.78, 5) is 12.1. The number of ketones is 1.